The SMILES string of the molecule is CC(=O)[C@@H](CCO[Si](C)(C)C(C)(C)C)ONc1ccccc1. The van der Waals surface area contributed by atoms with Gasteiger partial charge in [-0.25, -0.2) is 0 Å². The van der Waals surface area contributed by atoms with Crippen LogP contribution in [0.5, 0.6) is 0 Å². The van der Waals surface area contributed by atoms with Crippen molar-refractivity contribution < 1.29 is 14.1 Å². The molecule has 1 atom stereocenters. The number of ketones is 1. The third-order valence-electron chi connectivity index (χ3n) is 4.20. The molecule has 22 heavy (non-hydrogen) atoms. The summed E-state index contributed by atoms with van der Waals surface area (Å²) in [5.41, 5.74) is 3.67. The first-order chi connectivity index (χ1) is 10.1. The Labute approximate surface area is 135 Å². The molecule has 4 nitrogen and oxygen atoms in total. The summed E-state index contributed by atoms with van der Waals surface area (Å²) in [4.78, 5) is 17.2. The van der Waals surface area contributed by atoms with Crippen molar-refractivity contribution in [2.45, 2.75) is 58.4 Å². The van der Waals surface area contributed by atoms with Crippen molar-refractivity contribution in [2.24, 2.45) is 0 Å². The van der Waals surface area contributed by atoms with Crippen LogP contribution in [-0.4, -0.2) is 26.8 Å². The smallest absolute Gasteiger partial charge is 0.191 e. The molecule has 0 fully saturated rings. The fraction of sp³-hybridized carbons (Fsp3) is 0.588. The lowest BCUT2D eigenvalue weighted by Gasteiger charge is -2.36. The number of carbonyl (C=O) groups is 1. The monoisotopic (exact) mass is 323 g/mol. The Kier molecular flexibility index (Phi) is 6.78. The number of carbonyl (C=O) groups excluding carboxylic acids is 1. The minimum atomic E-state index is -1.78. The summed E-state index contributed by atoms with van der Waals surface area (Å²) in [5.74, 6) is 0.00209. The molecule has 1 N–H and O–H groups in total. The highest BCUT2D eigenvalue weighted by atomic mass is 28.4. The molecule has 1 aromatic rings. The Morgan fingerprint density at radius 1 is 1.23 bits per heavy atom. The van der Waals surface area contributed by atoms with Crippen LogP contribution >= 0.6 is 0 Å². The minimum Gasteiger partial charge on any atom is -0.417 e. The molecule has 0 bridgehead atoms. The second-order valence-electron chi connectivity index (χ2n) is 7.08. The van der Waals surface area contributed by atoms with E-state index in [0.717, 1.165) is 5.69 Å². The van der Waals surface area contributed by atoms with Gasteiger partial charge in [0.25, 0.3) is 0 Å². The number of rotatable bonds is 8. The number of benzene rings is 1. The number of para-hydroxylation sites is 1. The lowest BCUT2D eigenvalue weighted by Crippen LogP contribution is -2.41. The summed E-state index contributed by atoms with van der Waals surface area (Å²) in [6.07, 6.45) is 0.0618. The van der Waals surface area contributed by atoms with E-state index in [1.165, 1.54) is 0 Å². The maximum atomic E-state index is 11.7. The Morgan fingerprint density at radius 3 is 2.32 bits per heavy atom. The standard InChI is InChI=1S/C17H29NO3Si/c1-14(19)16(21-18-15-10-8-7-9-11-15)12-13-20-22(5,6)17(2,3)4/h7-11,16,18H,12-13H2,1-6H3/t16-/m1/s1. The molecule has 0 radical (unpaired) electrons. The summed E-state index contributed by atoms with van der Waals surface area (Å²) in [5, 5.41) is 0.169. The van der Waals surface area contributed by atoms with Crippen molar-refractivity contribution in [1.29, 1.82) is 0 Å². The Balaban J connectivity index is 2.47. The number of nitrogens with one attached hydrogen (secondary N) is 1. The Hall–Kier alpha value is -1.17. The third-order valence-corrected chi connectivity index (χ3v) is 8.73. The van der Waals surface area contributed by atoms with Gasteiger partial charge >= 0.3 is 0 Å². The molecule has 0 aromatic heterocycles. The second kappa shape index (κ2) is 7.90. The zero-order valence-electron chi connectivity index (χ0n) is 14.6. The van der Waals surface area contributed by atoms with Gasteiger partial charge in [0.05, 0.1) is 5.69 Å². The fourth-order valence-corrected chi connectivity index (χ4v) is 2.69. The quantitative estimate of drug-likeness (QED) is 0.569. The topological polar surface area (TPSA) is 47.6 Å². The lowest BCUT2D eigenvalue weighted by atomic mass is 10.2. The normalized spacial score (nSPS) is 13.7. The van der Waals surface area contributed by atoms with Gasteiger partial charge in [0.2, 0.25) is 0 Å². The van der Waals surface area contributed by atoms with Crippen LogP contribution in [0, 0.1) is 0 Å². The second-order valence-corrected chi connectivity index (χ2v) is 11.9. The molecule has 0 amide bonds. The van der Waals surface area contributed by atoms with E-state index in [1.54, 1.807) is 6.92 Å². The maximum Gasteiger partial charge on any atom is 0.191 e. The summed E-state index contributed by atoms with van der Waals surface area (Å²) in [6, 6.07) is 9.54. The molecular formula is C17H29NO3Si. The van der Waals surface area contributed by atoms with E-state index in [2.05, 4.69) is 39.3 Å². The highest BCUT2D eigenvalue weighted by Gasteiger charge is 2.37. The van der Waals surface area contributed by atoms with Gasteiger partial charge in [-0.1, -0.05) is 39.0 Å². The van der Waals surface area contributed by atoms with Crippen LogP contribution in [0.15, 0.2) is 30.3 Å². The van der Waals surface area contributed by atoms with Crippen molar-refractivity contribution >= 4 is 19.8 Å². The van der Waals surface area contributed by atoms with Crippen molar-refractivity contribution in [1.82, 2.24) is 0 Å². The van der Waals surface area contributed by atoms with Gasteiger partial charge in [0.1, 0.15) is 6.10 Å². The van der Waals surface area contributed by atoms with E-state index in [1.807, 2.05) is 30.3 Å². The number of Topliss-reactive ketones (excluding diaryl/α,β-unsaturated/α-hetero) is 1. The summed E-state index contributed by atoms with van der Waals surface area (Å²) < 4.78 is 6.11. The van der Waals surface area contributed by atoms with Crippen LogP contribution in [0.2, 0.25) is 18.1 Å². The molecule has 0 aliphatic carbocycles. The molecule has 1 aromatic carbocycles. The Bertz CT molecular complexity index is 469. The summed E-state index contributed by atoms with van der Waals surface area (Å²) >= 11 is 0. The fourth-order valence-electron chi connectivity index (χ4n) is 1.63. The molecule has 0 unspecified atom stereocenters. The van der Waals surface area contributed by atoms with Gasteiger partial charge in [-0.2, -0.15) is 0 Å². The van der Waals surface area contributed by atoms with Crippen LogP contribution in [0.25, 0.3) is 0 Å². The minimum absolute atomic E-state index is 0.00209. The van der Waals surface area contributed by atoms with Crippen LogP contribution in [0.1, 0.15) is 34.1 Å². The summed E-state index contributed by atoms with van der Waals surface area (Å²) in [7, 11) is -1.78. The molecule has 0 saturated carbocycles. The van der Waals surface area contributed by atoms with E-state index in [4.69, 9.17) is 9.26 Å². The van der Waals surface area contributed by atoms with Crippen molar-refractivity contribution in [2.75, 3.05) is 12.1 Å². The summed E-state index contributed by atoms with van der Waals surface area (Å²) in [6.45, 7) is 13.1. The van der Waals surface area contributed by atoms with Crippen molar-refractivity contribution in [3.63, 3.8) is 0 Å². The number of hydrogen-bond acceptors (Lipinski definition) is 4. The highest BCUT2D eigenvalue weighted by molar-refractivity contribution is 6.74. The molecule has 0 aliphatic heterocycles. The zero-order valence-corrected chi connectivity index (χ0v) is 15.6. The van der Waals surface area contributed by atoms with E-state index in [0.29, 0.717) is 13.0 Å². The largest absolute Gasteiger partial charge is 0.417 e. The average Bonchev–Trinajstić information content (AvgIpc) is 2.42. The van der Waals surface area contributed by atoms with Gasteiger partial charge in [-0.3, -0.25) is 15.1 Å². The Morgan fingerprint density at radius 2 is 1.82 bits per heavy atom. The predicted octanol–water partition coefficient (Wildman–Crippen LogP) is 4.40. The maximum absolute atomic E-state index is 11.7. The predicted molar refractivity (Wildman–Crippen MR) is 93.4 cm³/mol. The first-order valence-corrected chi connectivity index (χ1v) is 10.7. The molecule has 1 rings (SSSR count). The first-order valence-electron chi connectivity index (χ1n) is 7.74. The number of hydrogen-bond donors (Lipinski definition) is 1. The van der Waals surface area contributed by atoms with E-state index in [9.17, 15) is 4.79 Å². The van der Waals surface area contributed by atoms with Gasteiger partial charge in [0.15, 0.2) is 14.1 Å². The average molecular weight is 324 g/mol. The van der Waals surface area contributed by atoms with E-state index < -0.39 is 14.4 Å². The molecule has 0 saturated heterocycles. The first kappa shape index (κ1) is 18.9. The molecular weight excluding hydrogens is 294 g/mol. The van der Waals surface area contributed by atoms with Gasteiger partial charge in [-0.15, -0.1) is 0 Å². The third kappa shape index (κ3) is 5.91. The van der Waals surface area contributed by atoms with Gasteiger partial charge in [0, 0.05) is 13.0 Å². The molecule has 124 valence electrons. The van der Waals surface area contributed by atoms with Crippen LogP contribution in [0.4, 0.5) is 5.69 Å². The molecule has 0 aliphatic rings. The number of anilines is 1. The van der Waals surface area contributed by atoms with Gasteiger partial charge in [-0.05, 0) is 37.2 Å². The zero-order chi connectivity index (χ0) is 16.8. The lowest BCUT2D eigenvalue weighted by molar-refractivity contribution is -0.127. The van der Waals surface area contributed by atoms with Crippen molar-refractivity contribution in [3.05, 3.63) is 30.3 Å². The molecule has 0 spiro atoms. The van der Waals surface area contributed by atoms with Crippen LogP contribution in [0.3, 0.4) is 0 Å². The van der Waals surface area contributed by atoms with Crippen molar-refractivity contribution in [3.8, 4) is 0 Å². The molecule has 0 heterocycles. The molecule has 5 heteroatoms. The van der Waals surface area contributed by atoms with Gasteiger partial charge < -0.3 is 4.43 Å². The van der Waals surface area contributed by atoms with E-state index in [-0.39, 0.29) is 10.8 Å². The highest BCUT2D eigenvalue weighted by Crippen LogP contribution is 2.36. The van der Waals surface area contributed by atoms with E-state index >= 15 is 0 Å². The van der Waals surface area contributed by atoms with Crippen LogP contribution in [-0.2, 0) is 14.1 Å². The van der Waals surface area contributed by atoms with Crippen LogP contribution < -0.4 is 5.48 Å².